The van der Waals surface area contributed by atoms with E-state index in [9.17, 15) is 18.0 Å². The average molecular weight is 210 g/mol. The maximum atomic E-state index is 12.1. The molecule has 1 fully saturated rings. The van der Waals surface area contributed by atoms with Crippen molar-refractivity contribution >= 4 is 5.91 Å². The lowest BCUT2D eigenvalue weighted by Gasteiger charge is -2.19. The number of hydrogen-bond acceptors (Lipinski definition) is 2. The SMILES string of the molecule is CNC(=O)C1CCNC1CC(F)(F)F. The van der Waals surface area contributed by atoms with Gasteiger partial charge in [0.1, 0.15) is 0 Å². The largest absolute Gasteiger partial charge is 0.390 e. The summed E-state index contributed by atoms with van der Waals surface area (Å²) in [5, 5.41) is 5.07. The van der Waals surface area contributed by atoms with Gasteiger partial charge in [-0.25, -0.2) is 0 Å². The molecule has 1 aliphatic heterocycles. The summed E-state index contributed by atoms with van der Waals surface area (Å²) in [7, 11) is 1.44. The first-order chi connectivity index (χ1) is 6.44. The summed E-state index contributed by atoms with van der Waals surface area (Å²) < 4.78 is 36.2. The molecule has 1 heterocycles. The molecule has 0 aromatic heterocycles. The Hall–Kier alpha value is -0.780. The number of hydrogen-bond donors (Lipinski definition) is 2. The maximum absolute atomic E-state index is 12.1. The summed E-state index contributed by atoms with van der Waals surface area (Å²) in [5.74, 6) is -0.870. The predicted octanol–water partition coefficient (Wildman–Crippen LogP) is 0.663. The lowest BCUT2D eigenvalue weighted by atomic mass is 9.97. The summed E-state index contributed by atoms with van der Waals surface area (Å²) in [6.07, 6.45) is -4.68. The van der Waals surface area contributed by atoms with Crippen molar-refractivity contribution in [2.75, 3.05) is 13.6 Å². The van der Waals surface area contributed by atoms with Crippen LogP contribution >= 0.6 is 0 Å². The quantitative estimate of drug-likeness (QED) is 0.703. The van der Waals surface area contributed by atoms with Crippen molar-refractivity contribution in [3.05, 3.63) is 0 Å². The van der Waals surface area contributed by atoms with Crippen LogP contribution in [0.15, 0.2) is 0 Å². The van der Waals surface area contributed by atoms with E-state index in [1.165, 1.54) is 7.05 Å². The number of alkyl halides is 3. The molecule has 1 rings (SSSR count). The van der Waals surface area contributed by atoms with E-state index < -0.39 is 24.6 Å². The molecule has 2 N–H and O–H groups in total. The highest BCUT2D eigenvalue weighted by atomic mass is 19.4. The van der Waals surface area contributed by atoms with Crippen LogP contribution < -0.4 is 10.6 Å². The third-order valence-electron chi connectivity index (χ3n) is 2.38. The molecule has 3 nitrogen and oxygen atoms in total. The monoisotopic (exact) mass is 210 g/mol. The number of halogens is 3. The summed E-state index contributed by atoms with van der Waals surface area (Å²) in [6, 6.07) is -0.769. The normalized spacial score (nSPS) is 27.7. The fourth-order valence-electron chi connectivity index (χ4n) is 1.73. The van der Waals surface area contributed by atoms with E-state index in [4.69, 9.17) is 0 Å². The fraction of sp³-hybridized carbons (Fsp3) is 0.875. The second kappa shape index (κ2) is 4.16. The molecule has 6 heteroatoms. The topological polar surface area (TPSA) is 41.1 Å². The van der Waals surface area contributed by atoms with Crippen LogP contribution in [0.25, 0.3) is 0 Å². The molecule has 2 unspecified atom stereocenters. The zero-order valence-corrected chi connectivity index (χ0v) is 7.82. The Labute approximate surface area is 80.0 Å². The van der Waals surface area contributed by atoms with Gasteiger partial charge in [0.15, 0.2) is 0 Å². The van der Waals surface area contributed by atoms with E-state index in [1.807, 2.05) is 0 Å². The van der Waals surface area contributed by atoms with Gasteiger partial charge in [-0.05, 0) is 13.0 Å². The standard InChI is InChI=1S/C8H13F3N2O/c1-12-7(14)5-2-3-13-6(5)4-8(9,10)11/h5-6,13H,2-4H2,1H3,(H,12,14). The Morgan fingerprint density at radius 3 is 2.71 bits per heavy atom. The highest BCUT2D eigenvalue weighted by molar-refractivity contribution is 5.79. The van der Waals surface area contributed by atoms with E-state index in [1.54, 1.807) is 0 Å². The molecule has 0 aromatic rings. The first kappa shape index (κ1) is 11.3. The summed E-state index contributed by atoms with van der Waals surface area (Å²) in [5.41, 5.74) is 0. The van der Waals surface area contributed by atoms with Gasteiger partial charge in [0, 0.05) is 13.1 Å². The Morgan fingerprint density at radius 1 is 1.57 bits per heavy atom. The van der Waals surface area contributed by atoms with Crippen LogP contribution in [-0.4, -0.2) is 31.7 Å². The molecule has 0 aromatic carbocycles. The first-order valence-corrected chi connectivity index (χ1v) is 4.46. The smallest absolute Gasteiger partial charge is 0.359 e. The van der Waals surface area contributed by atoms with Crippen molar-refractivity contribution in [1.29, 1.82) is 0 Å². The Kier molecular flexibility index (Phi) is 3.36. The zero-order valence-electron chi connectivity index (χ0n) is 7.82. The van der Waals surface area contributed by atoms with Gasteiger partial charge in [-0.1, -0.05) is 0 Å². The number of amides is 1. The zero-order chi connectivity index (χ0) is 10.8. The van der Waals surface area contributed by atoms with Gasteiger partial charge in [-0.3, -0.25) is 4.79 Å². The minimum atomic E-state index is -4.21. The Morgan fingerprint density at radius 2 is 2.21 bits per heavy atom. The molecule has 0 radical (unpaired) electrons. The molecule has 1 saturated heterocycles. The number of rotatable bonds is 2. The van der Waals surface area contributed by atoms with Crippen molar-refractivity contribution in [3.8, 4) is 0 Å². The van der Waals surface area contributed by atoms with Crippen molar-refractivity contribution in [2.45, 2.75) is 25.1 Å². The van der Waals surface area contributed by atoms with E-state index >= 15 is 0 Å². The minimum Gasteiger partial charge on any atom is -0.359 e. The molecule has 1 aliphatic rings. The molecule has 0 bridgehead atoms. The summed E-state index contributed by atoms with van der Waals surface area (Å²) in [6.45, 7) is 0.471. The summed E-state index contributed by atoms with van der Waals surface area (Å²) >= 11 is 0. The van der Waals surface area contributed by atoms with Crippen LogP contribution in [0.3, 0.4) is 0 Å². The van der Waals surface area contributed by atoms with Crippen LogP contribution in [0.2, 0.25) is 0 Å². The van der Waals surface area contributed by atoms with Gasteiger partial charge >= 0.3 is 6.18 Å². The first-order valence-electron chi connectivity index (χ1n) is 4.46. The maximum Gasteiger partial charge on any atom is 0.390 e. The fourth-order valence-corrected chi connectivity index (χ4v) is 1.73. The van der Waals surface area contributed by atoms with Crippen LogP contribution in [0, 0.1) is 5.92 Å². The molecular weight excluding hydrogens is 197 g/mol. The van der Waals surface area contributed by atoms with E-state index in [-0.39, 0.29) is 5.91 Å². The number of carbonyl (C=O) groups excluding carboxylic acids is 1. The van der Waals surface area contributed by atoms with Gasteiger partial charge < -0.3 is 10.6 Å². The van der Waals surface area contributed by atoms with Gasteiger partial charge in [0.2, 0.25) is 5.91 Å². The Bertz CT molecular complexity index is 217. The van der Waals surface area contributed by atoms with Crippen LogP contribution in [-0.2, 0) is 4.79 Å². The van der Waals surface area contributed by atoms with Crippen LogP contribution in [0.1, 0.15) is 12.8 Å². The van der Waals surface area contributed by atoms with Crippen molar-refractivity contribution in [2.24, 2.45) is 5.92 Å². The second-order valence-electron chi connectivity index (χ2n) is 3.39. The second-order valence-corrected chi connectivity index (χ2v) is 3.39. The van der Waals surface area contributed by atoms with Gasteiger partial charge in [0.25, 0.3) is 0 Å². The van der Waals surface area contributed by atoms with E-state index in [0.29, 0.717) is 13.0 Å². The lowest BCUT2D eigenvalue weighted by Crippen LogP contribution is -2.39. The van der Waals surface area contributed by atoms with E-state index in [0.717, 1.165) is 0 Å². The third-order valence-corrected chi connectivity index (χ3v) is 2.38. The van der Waals surface area contributed by atoms with Crippen molar-refractivity contribution in [3.63, 3.8) is 0 Å². The molecular formula is C8H13F3N2O. The number of nitrogens with one attached hydrogen (secondary N) is 2. The third kappa shape index (κ3) is 2.87. The van der Waals surface area contributed by atoms with Crippen LogP contribution in [0.5, 0.6) is 0 Å². The lowest BCUT2D eigenvalue weighted by molar-refractivity contribution is -0.144. The molecule has 0 saturated carbocycles. The molecule has 82 valence electrons. The molecule has 0 spiro atoms. The summed E-state index contributed by atoms with van der Waals surface area (Å²) in [4.78, 5) is 11.2. The van der Waals surface area contributed by atoms with Gasteiger partial charge in [-0.2, -0.15) is 13.2 Å². The molecule has 1 amide bonds. The Balaban J connectivity index is 2.56. The van der Waals surface area contributed by atoms with E-state index in [2.05, 4.69) is 10.6 Å². The van der Waals surface area contributed by atoms with Gasteiger partial charge in [-0.15, -0.1) is 0 Å². The highest BCUT2D eigenvalue weighted by Crippen LogP contribution is 2.28. The number of carbonyl (C=O) groups is 1. The van der Waals surface area contributed by atoms with Crippen molar-refractivity contribution in [1.82, 2.24) is 10.6 Å². The van der Waals surface area contributed by atoms with Crippen molar-refractivity contribution < 1.29 is 18.0 Å². The average Bonchev–Trinajstić information content (AvgIpc) is 2.48. The molecule has 14 heavy (non-hydrogen) atoms. The van der Waals surface area contributed by atoms with Gasteiger partial charge in [0.05, 0.1) is 12.3 Å². The highest BCUT2D eigenvalue weighted by Gasteiger charge is 2.40. The van der Waals surface area contributed by atoms with Crippen LogP contribution in [0.4, 0.5) is 13.2 Å². The minimum absolute atomic E-state index is 0.316. The molecule has 0 aliphatic carbocycles. The predicted molar refractivity (Wildman–Crippen MR) is 44.6 cm³/mol. The molecule has 2 atom stereocenters.